The zero-order valence-corrected chi connectivity index (χ0v) is 10.9. The molecule has 0 unspecified atom stereocenters. The van der Waals surface area contributed by atoms with Gasteiger partial charge in [0.2, 0.25) is 12.7 Å². The van der Waals surface area contributed by atoms with Gasteiger partial charge in [-0.25, -0.2) is 10.8 Å². The Kier molecular flexibility index (Phi) is 3.26. The van der Waals surface area contributed by atoms with Gasteiger partial charge in [-0.3, -0.25) is 0 Å². The van der Waals surface area contributed by atoms with Gasteiger partial charge in [-0.15, -0.1) is 0 Å². The first-order valence-corrected chi connectivity index (χ1v) is 6.20. The number of hydrazine groups is 1. The predicted octanol–water partition coefficient (Wildman–Crippen LogP) is 1.85. The van der Waals surface area contributed by atoms with E-state index in [9.17, 15) is 0 Å². The van der Waals surface area contributed by atoms with Crippen LogP contribution in [0.2, 0.25) is 0 Å². The van der Waals surface area contributed by atoms with Crippen molar-refractivity contribution in [1.29, 1.82) is 0 Å². The molecule has 3 N–H and O–H groups in total. The van der Waals surface area contributed by atoms with Crippen LogP contribution in [0.4, 0.5) is 5.82 Å². The number of aromatic nitrogens is 2. The zero-order chi connectivity index (χ0) is 13.9. The fraction of sp³-hybridized carbons (Fsp3) is 0.231. The lowest BCUT2D eigenvalue weighted by Gasteiger charge is -2.08. The lowest BCUT2D eigenvalue weighted by Crippen LogP contribution is -2.10. The van der Waals surface area contributed by atoms with Crippen molar-refractivity contribution in [3.8, 4) is 23.1 Å². The number of nitrogens with zero attached hydrogens (tertiary/aromatic N) is 2. The van der Waals surface area contributed by atoms with Gasteiger partial charge in [0, 0.05) is 18.6 Å². The Morgan fingerprint density at radius 3 is 2.90 bits per heavy atom. The highest BCUT2D eigenvalue weighted by Gasteiger charge is 2.14. The summed E-state index contributed by atoms with van der Waals surface area (Å²) in [6.07, 6.45) is 0.688. The van der Waals surface area contributed by atoms with E-state index < -0.39 is 0 Å². The minimum atomic E-state index is 0.230. The van der Waals surface area contributed by atoms with E-state index >= 15 is 0 Å². The largest absolute Gasteiger partial charge is 0.454 e. The summed E-state index contributed by atoms with van der Waals surface area (Å²) < 4.78 is 16.3. The second-order valence-corrected chi connectivity index (χ2v) is 4.12. The molecule has 0 radical (unpaired) electrons. The summed E-state index contributed by atoms with van der Waals surface area (Å²) in [6.45, 7) is 2.19. The van der Waals surface area contributed by atoms with E-state index in [0.717, 1.165) is 0 Å². The molecule has 0 saturated heterocycles. The summed E-state index contributed by atoms with van der Waals surface area (Å²) in [5.74, 6) is 8.93. The fourth-order valence-electron chi connectivity index (χ4n) is 1.82. The molecule has 20 heavy (non-hydrogen) atoms. The number of anilines is 1. The van der Waals surface area contributed by atoms with E-state index in [1.807, 2.05) is 6.92 Å². The van der Waals surface area contributed by atoms with Gasteiger partial charge in [-0.05, 0) is 12.1 Å². The van der Waals surface area contributed by atoms with Gasteiger partial charge in [0.05, 0.1) is 0 Å². The third kappa shape index (κ3) is 2.43. The van der Waals surface area contributed by atoms with Gasteiger partial charge in [0.15, 0.2) is 11.5 Å². The van der Waals surface area contributed by atoms with Crippen LogP contribution in [0.5, 0.6) is 23.1 Å². The molecule has 0 aliphatic carbocycles. The van der Waals surface area contributed by atoms with Crippen LogP contribution in [0.25, 0.3) is 0 Å². The molecule has 7 heteroatoms. The van der Waals surface area contributed by atoms with E-state index in [1.165, 1.54) is 0 Å². The Morgan fingerprint density at radius 1 is 1.25 bits per heavy atom. The standard InChI is InChI=1S/C13H14N4O3/c1-2-11-15-12(17-14)6-13(16-11)20-8-3-4-9-10(5-8)19-7-18-9/h3-6H,2,7,14H2,1H3,(H,15,16,17). The number of nitrogen functional groups attached to an aromatic ring is 1. The summed E-state index contributed by atoms with van der Waals surface area (Å²) in [6, 6.07) is 6.97. The molecule has 7 nitrogen and oxygen atoms in total. The summed E-state index contributed by atoms with van der Waals surface area (Å²) in [5, 5.41) is 0. The maximum absolute atomic E-state index is 5.71. The van der Waals surface area contributed by atoms with Crippen LogP contribution >= 0.6 is 0 Å². The highest BCUT2D eigenvalue weighted by molar-refractivity contribution is 5.48. The first kappa shape index (κ1) is 12.5. The lowest BCUT2D eigenvalue weighted by atomic mass is 10.3. The summed E-state index contributed by atoms with van der Waals surface area (Å²) >= 11 is 0. The van der Waals surface area contributed by atoms with Crippen LogP contribution in [0, 0.1) is 0 Å². The van der Waals surface area contributed by atoms with E-state index in [1.54, 1.807) is 24.3 Å². The predicted molar refractivity (Wildman–Crippen MR) is 71.9 cm³/mol. The zero-order valence-electron chi connectivity index (χ0n) is 10.9. The molecule has 1 aliphatic rings. The molecule has 0 bridgehead atoms. The molecule has 0 saturated carbocycles. The number of benzene rings is 1. The van der Waals surface area contributed by atoms with Crippen molar-refractivity contribution in [1.82, 2.24) is 9.97 Å². The summed E-state index contributed by atoms with van der Waals surface area (Å²) in [4.78, 5) is 8.49. The molecular weight excluding hydrogens is 260 g/mol. The number of hydrogen-bond donors (Lipinski definition) is 2. The van der Waals surface area contributed by atoms with Crippen LogP contribution in [0.15, 0.2) is 24.3 Å². The van der Waals surface area contributed by atoms with Crippen LogP contribution in [0.1, 0.15) is 12.7 Å². The van der Waals surface area contributed by atoms with Crippen molar-refractivity contribution in [3.05, 3.63) is 30.1 Å². The second kappa shape index (κ2) is 5.22. The molecule has 1 aromatic heterocycles. The van der Waals surface area contributed by atoms with Gasteiger partial charge in [0.25, 0.3) is 0 Å². The van der Waals surface area contributed by atoms with Crippen LogP contribution < -0.4 is 25.5 Å². The molecule has 2 aromatic rings. The van der Waals surface area contributed by atoms with Gasteiger partial charge in [-0.1, -0.05) is 6.92 Å². The highest BCUT2D eigenvalue weighted by Crippen LogP contribution is 2.36. The van der Waals surface area contributed by atoms with Gasteiger partial charge in [-0.2, -0.15) is 4.98 Å². The van der Waals surface area contributed by atoms with Crippen molar-refractivity contribution in [2.24, 2.45) is 5.84 Å². The molecule has 3 rings (SSSR count). The number of fused-ring (bicyclic) bond motifs is 1. The van der Waals surface area contributed by atoms with E-state index in [4.69, 9.17) is 20.1 Å². The molecule has 1 aromatic carbocycles. The Labute approximate surface area is 115 Å². The fourth-order valence-corrected chi connectivity index (χ4v) is 1.82. The van der Waals surface area contributed by atoms with Crippen LogP contribution in [-0.4, -0.2) is 16.8 Å². The first-order chi connectivity index (χ1) is 9.78. The van der Waals surface area contributed by atoms with Crippen LogP contribution in [-0.2, 0) is 6.42 Å². The first-order valence-electron chi connectivity index (χ1n) is 6.20. The smallest absolute Gasteiger partial charge is 0.231 e. The van der Waals surface area contributed by atoms with Crippen molar-refractivity contribution in [3.63, 3.8) is 0 Å². The average molecular weight is 274 g/mol. The Hall–Kier alpha value is -2.54. The van der Waals surface area contributed by atoms with E-state index in [2.05, 4.69) is 15.4 Å². The maximum atomic E-state index is 5.71. The Balaban J connectivity index is 1.87. The van der Waals surface area contributed by atoms with Gasteiger partial charge < -0.3 is 19.6 Å². The third-order valence-corrected chi connectivity index (χ3v) is 2.78. The topological polar surface area (TPSA) is 91.5 Å². The van der Waals surface area contributed by atoms with Crippen molar-refractivity contribution >= 4 is 5.82 Å². The van der Waals surface area contributed by atoms with Crippen molar-refractivity contribution in [2.75, 3.05) is 12.2 Å². The van der Waals surface area contributed by atoms with Gasteiger partial charge >= 0.3 is 0 Å². The minimum Gasteiger partial charge on any atom is -0.454 e. The minimum absolute atomic E-state index is 0.230. The molecule has 0 amide bonds. The van der Waals surface area contributed by atoms with Crippen molar-refractivity contribution < 1.29 is 14.2 Å². The van der Waals surface area contributed by atoms with Gasteiger partial charge in [0.1, 0.15) is 17.4 Å². The number of aryl methyl sites for hydroxylation is 1. The normalized spacial score (nSPS) is 12.3. The maximum Gasteiger partial charge on any atom is 0.231 e. The molecule has 2 heterocycles. The molecular formula is C13H14N4O3. The summed E-state index contributed by atoms with van der Waals surface area (Å²) in [5.41, 5.74) is 2.49. The molecule has 0 fully saturated rings. The monoisotopic (exact) mass is 274 g/mol. The van der Waals surface area contributed by atoms with Crippen molar-refractivity contribution in [2.45, 2.75) is 13.3 Å². The highest BCUT2D eigenvalue weighted by atomic mass is 16.7. The summed E-state index contributed by atoms with van der Waals surface area (Å²) in [7, 11) is 0. The Bertz CT molecular complexity index is 611. The third-order valence-electron chi connectivity index (χ3n) is 2.78. The number of nitrogens with two attached hydrogens (primary N) is 1. The quantitative estimate of drug-likeness (QED) is 0.649. The lowest BCUT2D eigenvalue weighted by molar-refractivity contribution is 0.174. The van der Waals surface area contributed by atoms with Crippen LogP contribution in [0.3, 0.4) is 0 Å². The number of hydrogen-bond acceptors (Lipinski definition) is 7. The molecule has 104 valence electrons. The number of rotatable bonds is 4. The number of nitrogens with one attached hydrogen (secondary N) is 1. The Morgan fingerprint density at radius 2 is 2.10 bits per heavy atom. The second-order valence-electron chi connectivity index (χ2n) is 4.12. The number of ether oxygens (including phenoxy) is 3. The van der Waals surface area contributed by atoms with E-state index in [0.29, 0.717) is 41.2 Å². The average Bonchev–Trinajstić information content (AvgIpc) is 2.94. The molecule has 0 atom stereocenters. The van der Waals surface area contributed by atoms with E-state index in [-0.39, 0.29) is 6.79 Å². The molecule has 1 aliphatic heterocycles. The molecule has 0 spiro atoms. The SMILES string of the molecule is CCc1nc(NN)cc(Oc2ccc3c(c2)OCO3)n1.